The van der Waals surface area contributed by atoms with E-state index in [9.17, 15) is 9.59 Å². The van der Waals surface area contributed by atoms with Crippen LogP contribution in [0.2, 0.25) is 0 Å². The molecule has 0 radical (unpaired) electrons. The van der Waals surface area contributed by atoms with Crippen LogP contribution in [-0.4, -0.2) is 29.4 Å². The standard InChI is InChI=1S/C20H20N2O3/c1-13-11-22(12-15-4-2-3-5-19(15)25-13)20(24)21-16-7-8-17-14(10-16)6-9-18(17)23/h2-5,7-8,10,13H,6,9,11-12H2,1H3,(H,21,24). The molecule has 0 aromatic heterocycles. The van der Waals surface area contributed by atoms with E-state index in [-0.39, 0.29) is 17.9 Å². The Morgan fingerprint density at radius 1 is 1.16 bits per heavy atom. The van der Waals surface area contributed by atoms with E-state index in [4.69, 9.17) is 4.74 Å². The summed E-state index contributed by atoms with van der Waals surface area (Å²) in [4.78, 5) is 26.2. The van der Waals surface area contributed by atoms with Gasteiger partial charge in [-0.3, -0.25) is 4.79 Å². The lowest BCUT2D eigenvalue weighted by Crippen LogP contribution is -2.38. The van der Waals surface area contributed by atoms with E-state index in [0.717, 1.165) is 34.5 Å². The zero-order valence-corrected chi connectivity index (χ0v) is 14.1. The van der Waals surface area contributed by atoms with Crippen LogP contribution in [0, 0.1) is 0 Å². The van der Waals surface area contributed by atoms with Gasteiger partial charge in [-0.25, -0.2) is 4.79 Å². The second-order valence-corrected chi connectivity index (χ2v) is 6.64. The Hall–Kier alpha value is -2.82. The van der Waals surface area contributed by atoms with E-state index < -0.39 is 0 Å². The molecule has 1 unspecified atom stereocenters. The van der Waals surface area contributed by atoms with Gasteiger partial charge < -0.3 is 15.0 Å². The average Bonchev–Trinajstić information content (AvgIpc) is 2.86. The third-order valence-electron chi connectivity index (χ3n) is 4.70. The second kappa shape index (κ2) is 6.24. The SMILES string of the molecule is CC1CN(C(=O)Nc2ccc3c(c2)CCC3=O)Cc2ccccc2O1. The van der Waals surface area contributed by atoms with Crippen molar-refractivity contribution in [3.05, 3.63) is 59.2 Å². The summed E-state index contributed by atoms with van der Waals surface area (Å²) in [6.07, 6.45) is 1.23. The molecule has 5 heteroatoms. The van der Waals surface area contributed by atoms with E-state index >= 15 is 0 Å². The predicted octanol–water partition coefficient (Wildman–Crippen LogP) is 3.63. The van der Waals surface area contributed by atoms with Gasteiger partial charge in [0.05, 0.1) is 13.1 Å². The summed E-state index contributed by atoms with van der Waals surface area (Å²) in [7, 11) is 0. The molecule has 2 aromatic rings. The van der Waals surface area contributed by atoms with Crippen molar-refractivity contribution in [2.45, 2.75) is 32.4 Å². The molecule has 2 aromatic carbocycles. The van der Waals surface area contributed by atoms with Crippen LogP contribution < -0.4 is 10.1 Å². The first kappa shape index (κ1) is 15.7. The van der Waals surface area contributed by atoms with Crippen LogP contribution in [0.25, 0.3) is 0 Å². The summed E-state index contributed by atoms with van der Waals surface area (Å²) in [6.45, 7) is 2.99. The maximum Gasteiger partial charge on any atom is 0.322 e. The predicted molar refractivity (Wildman–Crippen MR) is 95.1 cm³/mol. The summed E-state index contributed by atoms with van der Waals surface area (Å²) in [5.74, 6) is 1.02. The van der Waals surface area contributed by atoms with E-state index in [2.05, 4.69) is 5.32 Å². The highest BCUT2D eigenvalue weighted by molar-refractivity contribution is 6.01. The molecule has 4 rings (SSSR count). The topological polar surface area (TPSA) is 58.6 Å². The first-order valence-electron chi connectivity index (χ1n) is 8.57. The van der Waals surface area contributed by atoms with Crippen LogP contribution in [0.4, 0.5) is 10.5 Å². The summed E-state index contributed by atoms with van der Waals surface area (Å²) in [5.41, 5.74) is 3.52. The number of aryl methyl sites for hydroxylation is 1. The monoisotopic (exact) mass is 336 g/mol. The van der Waals surface area contributed by atoms with Crippen LogP contribution in [0.1, 0.15) is 34.8 Å². The molecule has 2 amide bonds. The van der Waals surface area contributed by atoms with E-state index in [1.165, 1.54) is 0 Å². The van der Waals surface area contributed by atoms with Crippen LogP contribution in [0.15, 0.2) is 42.5 Å². The lowest BCUT2D eigenvalue weighted by Gasteiger charge is -2.22. The molecule has 0 spiro atoms. The molecule has 128 valence electrons. The summed E-state index contributed by atoms with van der Waals surface area (Å²) >= 11 is 0. The van der Waals surface area contributed by atoms with Crippen molar-refractivity contribution in [1.29, 1.82) is 0 Å². The first-order valence-corrected chi connectivity index (χ1v) is 8.57. The van der Waals surface area contributed by atoms with Gasteiger partial charge in [0.25, 0.3) is 0 Å². The molecule has 0 saturated heterocycles. The number of nitrogens with zero attached hydrogens (tertiary/aromatic N) is 1. The number of carbonyl (C=O) groups excluding carboxylic acids is 2. The molecule has 2 aliphatic rings. The Balaban J connectivity index is 1.52. The minimum absolute atomic E-state index is 0.0768. The third kappa shape index (κ3) is 3.09. The molecule has 0 fully saturated rings. The number of ketones is 1. The normalized spacial score (nSPS) is 18.8. The fraction of sp³-hybridized carbons (Fsp3) is 0.300. The molecule has 5 nitrogen and oxygen atoms in total. The van der Waals surface area contributed by atoms with Gasteiger partial charge in [-0.2, -0.15) is 0 Å². The first-order chi connectivity index (χ1) is 12.1. The Morgan fingerprint density at radius 3 is 2.88 bits per heavy atom. The van der Waals surface area contributed by atoms with Crippen molar-refractivity contribution >= 4 is 17.5 Å². The molecule has 0 bridgehead atoms. The van der Waals surface area contributed by atoms with Gasteiger partial charge in [-0.15, -0.1) is 0 Å². The van der Waals surface area contributed by atoms with E-state index in [1.54, 1.807) is 11.0 Å². The number of fused-ring (bicyclic) bond motifs is 2. The van der Waals surface area contributed by atoms with Gasteiger partial charge in [0, 0.05) is 23.2 Å². The number of rotatable bonds is 1. The van der Waals surface area contributed by atoms with Crippen LogP contribution in [0.5, 0.6) is 5.75 Å². The molecule has 1 heterocycles. The Kier molecular flexibility index (Phi) is 3.92. The van der Waals surface area contributed by atoms with Crippen molar-refractivity contribution in [2.75, 3.05) is 11.9 Å². The highest BCUT2D eigenvalue weighted by Crippen LogP contribution is 2.27. The highest BCUT2D eigenvalue weighted by atomic mass is 16.5. The van der Waals surface area contributed by atoms with Crippen LogP contribution >= 0.6 is 0 Å². The van der Waals surface area contributed by atoms with Crippen molar-refractivity contribution < 1.29 is 14.3 Å². The zero-order valence-electron chi connectivity index (χ0n) is 14.1. The average molecular weight is 336 g/mol. The Labute approximate surface area is 146 Å². The van der Waals surface area contributed by atoms with Gasteiger partial charge in [0.2, 0.25) is 0 Å². The van der Waals surface area contributed by atoms with Gasteiger partial charge in [0.15, 0.2) is 5.78 Å². The lowest BCUT2D eigenvalue weighted by atomic mass is 10.1. The molecule has 0 saturated carbocycles. The fourth-order valence-electron chi connectivity index (χ4n) is 3.47. The van der Waals surface area contributed by atoms with E-state index in [1.807, 2.05) is 43.3 Å². The van der Waals surface area contributed by atoms with E-state index in [0.29, 0.717) is 19.5 Å². The molecule has 25 heavy (non-hydrogen) atoms. The minimum atomic E-state index is -0.156. The second-order valence-electron chi connectivity index (χ2n) is 6.64. The van der Waals surface area contributed by atoms with Gasteiger partial charge >= 0.3 is 6.03 Å². The quantitative estimate of drug-likeness (QED) is 0.865. The van der Waals surface area contributed by atoms with Crippen LogP contribution in [-0.2, 0) is 13.0 Å². The number of benzene rings is 2. The number of nitrogens with one attached hydrogen (secondary N) is 1. The van der Waals surface area contributed by atoms with Gasteiger partial charge in [0.1, 0.15) is 11.9 Å². The number of ether oxygens (including phenoxy) is 1. The minimum Gasteiger partial charge on any atom is -0.489 e. The van der Waals surface area contributed by atoms with Gasteiger partial charge in [-0.05, 0) is 43.2 Å². The van der Waals surface area contributed by atoms with Crippen molar-refractivity contribution in [1.82, 2.24) is 4.90 Å². The smallest absolute Gasteiger partial charge is 0.322 e. The summed E-state index contributed by atoms with van der Waals surface area (Å²) < 4.78 is 5.90. The molecular formula is C20H20N2O3. The number of amides is 2. The number of hydrogen-bond acceptors (Lipinski definition) is 3. The van der Waals surface area contributed by atoms with Crippen LogP contribution in [0.3, 0.4) is 0 Å². The molecule has 1 atom stereocenters. The number of carbonyl (C=O) groups is 2. The maximum absolute atomic E-state index is 12.7. The molecule has 1 aliphatic carbocycles. The highest BCUT2D eigenvalue weighted by Gasteiger charge is 2.24. The Bertz CT molecular complexity index is 847. The third-order valence-corrected chi connectivity index (χ3v) is 4.70. The van der Waals surface area contributed by atoms with Gasteiger partial charge in [-0.1, -0.05) is 18.2 Å². The molecular weight excluding hydrogens is 316 g/mol. The number of urea groups is 1. The molecule has 1 aliphatic heterocycles. The van der Waals surface area contributed by atoms with Crippen molar-refractivity contribution in [2.24, 2.45) is 0 Å². The number of para-hydroxylation sites is 1. The summed E-state index contributed by atoms with van der Waals surface area (Å²) in [6, 6.07) is 13.2. The summed E-state index contributed by atoms with van der Waals surface area (Å²) in [5, 5.41) is 2.96. The van der Waals surface area contributed by atoms with Crippen molar-refractivity contribution in [3.8, 4) is 5.75 Å². The number of Topliss-reactive ketones (excluding diaryl/α,β-unsaturated/α-hetero) is 1. The Morgan fingerprint density at radius 2 is 2.00 bits per heavy atom. The number of anilines is 1. The lowest BCUT2D eigenvalue weighted by molar-refractivity contribution is 0.0994. The largest absolute Gasteiger partial charge is 0.489 e. The van der Waals surface area contributed by atoms with Crippen molar-refractivity contribution in [3.63, 3.8) is 0 Å². The number of hydrogen-bond donors (Lipinski definition) is 1. The molecule has 1 N–H and O–H groups in total. The maximum atomic E-state index is 12.7. The fourth-order valence-corrected chi connectivity index (χ4v) is 3.47. The zero-order chi connectivity index (χ0) is 17.4.